The van der Waals surface area contributed by atoms with Crippen molar-refractivity contribution in [2.45, 2.75) is 19.3 Å². The number of benzene rings is 2. The standard InChI is InChI=1S/C21H17ClO4/c22-17-7-5-13(6-8-17)20(24)12-16(21(25)26)9-15-11-18(23)10-14-3-1-2-4-19(14)15/h1-8,11,16H,9-10,12H2,(H,25,26). The molecular weight excluding hydrogens is 352 g/mol. The molecule has 1 N–H and O–H groups in total. The number of carboxylic acid groups (broad SMARTS) is 1. The van der Waals surface area contributed by atoms with Crippen molar-refractivity contribution in [3.05, 3.63) is 76.3 Å². The van der Waals surface area contributed by atoms with Crippen LogP contribution < -0.4 is 0 Å². The number of rotatable bonds is 6. The molecule has 0 spiro atoms. The van der Waals surface area contributed by atoms with Crippen LogP contribution in [0.5, 0.6) is 0 Å². The monoisotopic (exact) mass is 368 g/mol. The Bertz CT molecular complexity index is 896. The lowest BCUT2D eigenvalue weighted by Gasteiger charge is -2.20. The van der Waals surface area contributed by atoms with Gasteiger partial charge in [0.05, 0.1) is 5.92 Å². The third-order valence-corrected chi connectivity index (χ3v) is 4.73. The van der Waals surface area contributed by atoms with Crippen LogP contribution in [-0.4, -0.2) is 22.6 Å². The number of carboxylic acids is 1. The van der Waals surface area contributed by atoms with Gasteiger partial charge >= 0.3 is 5.97 Å². The van der Waals surface area contributed by atoms with Crippen LogP contribution in [0.15, 0.2) is 54.6 Å². The molecule has 1 aliphatic rings. The van der Waals surface area contributed by atoms with Crippen LogP contribution in [-0.2, 0) is 16.0 Å². The number of halogens is 1. The zero-order chi connectivity index (χ0) is 18.7. The van der Waals surface area contributed by atoms with Crippen LogP contribution >= 0.6 is 11.6 Å². The first-order valence-corrected chi connectivity index (χ1v) is 8.65. The van der Waals surface area contributed by atoms with Gasteiger partial charge in [-0.05, 0) is 53.5 Å². The number of Topliss-reactive ketones (excluding diaryl/α,β-unsaturated/α-hetero) is 1. The highest BCUT2D eigenvalue weighted by molar-refractivity contribution is 6.30. The van der Waals surface area contributed by atoms with Crippen LogP contribution in [0.4, 0.5) is 0 Å². The minimum atomic E-state index is -1.05. The third kappa shape index (κ3) is 4.09. The first-order valence-electron chi connectivity index (χ1n) is 8.27. The van der Waals surface area contributed by atoms with E-state index >= 15 is 0 Å². The van der Waals surface area contributed by atoms with E-state index < -0.39 is 11.9 Å². The van der Waals surface area contributed by atoms with Gasteiger partial charge in [-0.15, -0.1) is 0 Å². The number of carbonyl (C=O) groups is 3. The van der Waals surface area contributed by atoms with E-state index in [2.05, 4.69) is 0 Å². The molecule has 0 aromatic heterocycles. The lowest BCUT2D eigenvalue weighted by Crippen LogP contribution is -2.20. The number of hydrogen-bond acceptors (Lipinski definition) is 3. The average Bonchev–Trinajstić information content (AvgIpc) is 2.61. The summed E-state index contributed by atoms with van der Waals surface area (Å²) in [5.41, 5.74) is 2.88. The second-order valence-electron chi connectivity index (χ2n) is 6.34. The molecule has 0 saturated heterocycles. The van der Waals surface area contributed by atoms with E-state index in [1.54, 1.807) is 24.3 Å². The molecule has 1 unspecified atom stereocenters. The van der Waals surface area contributed by atoms with Gasteiger partial charge in [0.2, 0.25) is 0 Å². The number of fused-ring (bicyclic) bond motifs is 1. The molecule has 0 aliphatic heterocycles. The van der Waals surface area contributed by atoms with Crippen molar-refractivity contribution in [3.63, 3.8) is 0 Å². The highest BCUT2D eigenvalue weighted by atomic mass is 35.5. The Morgan fingerprint density at radius 2 is 1.77 bits per heavy atom. The van der Waals surface area contributed by atoms with Crippen molar-refractivity contribution >= 4 is 34.7 Å². The molecule has 26 heavy (non-hydrogen) atoms. The number of ketones is 2. The molecule has 0 radical (unpaired) electrons. The zero-order valence-electron chi connectivity index (χ0n) is 13.9. The summed E-state index contributed by atoms with van der Waals surface area (Å²) < 4.78 is 0. The van der Waals surface area contributed by atoms with Crippen LogP contribution in [0.2, 0.25) is 5.02 Å². The first-order chi connectivity index (χ1) is 12.4. The molecule has 0 amide bonds. The fourth-order valence-corrected chi connectivity index (χ4v) is 3.28. The Balaban J connectivity index is 1.81. The maximum Gasteiger partial charge on any atom is 0.307 e. The minimum Gasteiger partial charge on any atom is -0.481 e. The molecule has 132 valence electrons. The van der Waals surface area contributed by atoms with Gasteiger partial charge in [0, 0.05) is 23.4 Å². The topological polar surface area (TPSA) is 71.4 Å². The molecule has 0 saturated carbocycles. The van der Waals surface area contributed by atoms with Crippen LogP contribution in [0.25, 0.3) is 5.57 Å². The molecule has 2 aromatic carbocycles. The van der Waals surface area contributed by atoms with E-state index in [-0.39, 0.29) is 24.4 Å². The quantitative estimate of drug-likeness (QED) is 0.775. The van der Waals surface area contributed by atoms with Crippen molar-refractivity contribution in [2.75, 3.05) is 0 Å². The summed E-state index contributed by atoms with van der Waals surface area (Å²) in [7, 11) is 0. The Labute approximate surface area is 156 Å². The fourth-order valence-electron chi connectivity index (χ4n) is 3.16. The lowest BCUT2D eigenvalue weighted by molar-refractivity contribution is -0.141. The largest absolute Gasteiger partial charge is 0.481 e. The van der Waals surface area contributed by atoms with Gasteiger partial charge in [-0.3, -0.25) is 14.4 Å². The van der Waals surface area contributed by atoms with E-state index in [9.17, 15) is 19.5 Å². The normalized spacial score (nSPS) is 14.3. The molecule has 0 fully saturated rings. The second-order valence-corrected chi connectivity index (χ2v) is 6.78. The molecule has 3 rings (SSSR count). The molecule has 5 heteroatoms. The van der Waals surface area contributed by atoms with Crippen LogP contribution in [0.1, 0.15) is 34.3 Å². The number of aliphatic carboxylic acids is 1. The molecule has 1 atom stereocenters. The van der Waals surface area contributed by atoms with E-state index in [1.165, 1.54) is 6.08 Å². The maximum atomic E-state index is 12.4. The summed E-state index contributed by atoms with van der Waals surface area (Å²) in [5, 5.41) is 10.1. The van der Waals surface area contributed by atoms with Gasteiger partial charge in [-0.25, -0.2) is 0 Å². The van der Waals surface area contributed by atoms with Gasteiger partial charge < -0.3 is 5.11 Å². The van der Waals surface area contributed by atoms with E-state index in [4.69, 9.17) is 11.6 Å². The van der Waals surface area contributed by atoms with Crippen molar-refractivity contribution < 1.29 is 19.5 Å². The first kappa shape index (κ1) is 18.1. The SMILES string of the molecule is O=C1C=C(CC(CC(=O)c2ccc(Cl)cc2)C(=O)O)c2ccccc2C1. The Hall–Kier alpha value is -2.72. The maximum absolute atomic E-state index is 12.4. The lowest BCUT2D eigenvalue weighted by atomic mass is 9.83. The molecule has 0 heterocycles. The smallest absolute Gasteiger partial charge is 0.307 e. The predicted octanol–water partition coefficient (Wildman–Crippen LogP) is 4.21. The van der Waals surface area contributed by atoms with Gasteiger partial charge in [-0.1, -0.05) is 35.9 Å². The Morgan fingerprint density at radius 1 is 1.08 bits per heavy atom. The molecule has 1 aliphatic carbocycles. The number of allylic oxidation sites excluding steroid dienone is 2. The van der Waals surface area contributed by atoms with Gasteiger partial charge in [0.15, 0.2) is 11.6 Å². The predicted molar refractivity (Wildman–Crippen MR) is 99.3 cm³/mol. The third-order valence-electron chi connectivity index (χ3n) is 4.48. The van der Waals surface area contributed by atoms with Gasteiger partial charge in [-0.2, -0.15) is 0 Å². The summed E-state index contributed by atoms with van der Waals surface area (Å²) in [6, 6.07) is 13.8. The molecule has 0 bridgehead atoms. The molecule has 2 aromatic rings. The average molecular weight is 369 g/mol. The summed E-state index contributed by atoms with van der Waals surface area (Å²) in [5.74, 6) is -2.26. The van der Waals surface area contributed by atoms with Crippen molar-refractivity contribution in [2.24, 2.45) is 5.92 Å². The van der Waals surface area contributed by atoms with Gasteiger partial charge in [0.1, 0.15) is 0 Å². The van der Waals surface area contributed by atoms with Crippen molar-refractivity contribution in [1.82, 2.24) is 0 Å². The Kier molecular flexibility index (Phi) is 5.33. The summed E-state index contributed by atoms with van der Waals surface area (Å²) in [6.07, 6.45) is 1.83. The number of hydrogen-bond donors (Lipinski definition) is 1. The van der Waals surface area contributed by atoms with Gasteiger partial charge in [0.25, 0.3) is 0 Å². The van der Waals surface area contributed by atoms with Crippen molar-refractivity contribution in [3.8, 4) is 0 Å². The van der Waals surface area contributed by atoms with Crippen LogP contribution in [0, 0.1) is 5.92 Å². The summed E-state index contributed by atoms with van der Waals surface area (Å²) >= 11 is 5.82. The Morgan fingerprint density at radius 3 is 2.46 bits per heavy atom. The minimum absolute atomic E-state index is 0.0492. The fraction of sp³-hybridized carbons (Fsp3) is 0.190. The molecule has 4 nitrogen and oxygen atoms in total. The highest BCUT2D eigenvalue weighted by Crippen LogP contribution is 2.31. The molecular formula is C21H17ClO4. The summed E-state index contributed by atoms with van der Waals surface area (Å²) in [4.78, 5) is 36.1. The van der Waals surface area contributed by atoms with E-state index in [1.807, 2.05) is 24.3 Å². The highest BCUT2D eigenvalue weighted by Gasteiger charge is 2.26. The number of carbonyl (C=O) groups excluding carboxylic acids is 2. The van der Waals surface area contributed by atoms with Crippen molar-refractivity contribution in [1.29, 1.82) is 0 Å². The van der Waals surface area contributed by atoms with E-state index in [0.29, 0.717) is 22.6 Å². The van der Waals surface area contributed by atoms with Crippen LogP contribution in [0.3, 0.4) is 0 Å². The second kappa shape index (κ2) is 7.67. The summed E-state index contributed by atoms with van der Waals surface area (Å²) in [6.45, 7) is 0. The van der Waals surface area contributed by atoms with E-state index in [0.717, 1.165) is 11.1 Å². The zero-order valence-corrected chi connectivity index (χ0v) is 14.7.